The average Bonchev–Trinajstić information content (AvgIpc) is 2.49. The summed E-state index contributed by atoms with van der Waals surface area (Å²) in [4.78, 5) is 22.0. The number of aryl methyl sites for hydroxylation is 1. The molecule has 1 saturated heterocycles. The molecule has 15 heavy (non-hydrogen) atoms. The minimum atomic E-state index is -0.525. The molecule has 0 bridgehead atoms. The van der Waals surface area contributed by atoms with Gasteiger partial charge in [0.1, 0.15) is 0 Å². The Bertz CT molecular complexity index is 458. The van der Waals surface area contributed by atoms with E-state index in [1.54, 1.807) is 6.08 Å². The Morgan fingerprint density at radius 1 is 1.27 bits per heavy atom. The largest absolute Gasteiger partial charge is 0.389 e. The Labute approximate surface area is 87.4 Å². The number of hydrogen-bond donors (Lipinski definition) is 0. The van der Waals surface area contributed by atoms with Gasteiger partial charge in [-0.2, -0.15) is 0 Å². The number of carbonyl (C=O) groups is 2. The van der Waals surface area contributed by atoms with Crippen molar-refractivity contribution in [1.29, 1.82) is 0 Å². The fraction of sp³-hybridized carbons (Fsp3) is 0.167. The number of benzene rings is 1. The van der Waals surface area contributed by atoms with Crippen molar-refractivity contribution in [3.63, 3.8) is 0 Å². The van der Waals surface area contributed by atoms with Crippen LogP contribution in [0.15, 0.2) is 29.8 Å². The van der Waals surface area contributed by atoms with Gasteiger partial charge in [0.2, 0.25) is 0 Å². The molecule has 1 aromatic carbocycles. The van der Waals surface area contributed by atoms with E-state index in [0.29, 0.717) is 5.57 Å². The molecule has 3 nitrogen and oxygen atoms in total. The molecule has 0 amide bonds. The van der Waals surface area contributed by atoms with Crippen molar-refractivity contribution in [1.82, 2.24) is 0 Å². The molecule has 1 heterocycles. The third kappa shape index (κ3) is 1.96. The van der Waals surface area contributed by atoms with Crippen LogP contribution >= 0.6 is 0 Å². The van der Waals surface area contributed by atoms with Crippen LogP contribution in [0.5, 0.6) is 0 Å². The molecule has 0 saturated carbocycles. The summed E-state index contributed by atoms with van der Waals surface area (Å²) in [5.41, 5.74) is 2.44. The van der Waals surface area contributed by atoms with Crippen molar-refractivity contribution in [3.8, 4) is 0 Å². The minimum Gasteiger partial charge on any atom is -0.389 e. The topological polar surface area (TPSA) is 43.4 Å². The Morgan fingerprint density at radius 3 is 2.60 bits per heavy atom. The molecule has 0 atom stereocenters. The molecule has 0 spiro atoms. The molecule has 2 rings (SSSR count). The lowest BCUT2D eigenvalue weighted by molar-refractivity contribution is -0.151. The first-order chi connectivity index (χ1) is 7.16. The van der Waals surface area contributed by atoms with Gasteiger partial charge in [-0.1, -0.05) is 24.3 Å². The normalized spacial score (nSPS) is 18.3. The lowest BCUT2D eigenvalue weighted by Crippen LogP contribution is -1.97. The number of hydrogen-bond acceptors (Lipinski definition) is 3. The Balaban J connectivity index is 2.35. The van der Waals surface area contributed by atoms with Crippen molar-refractivity contribution in [3.05, 3.63) is 41.0 Å². The standard InChI is InChI=1S/C12H10O3/c1-8-4-2-3-5-9(8)6-10-7-11(13)15-12(10)14/h2-6H,7H2,1H3. The highest BCUT2D eigenvalue weighted by molar-refractivity contribution is 6.08. The van der Waals surface area contributed by atoms with Crippen LogP contribution in [0.1, 0.15) is 17.5 Å². The molecule has 1 fully saturated rings. The highest BCUT2D eigenvalue weighted by atomic mass is 16.6. The van der Waals surface area contributed by atoms with Gasteiger partial charge in [0, 0.05) is 5.57 Å². The van der Waals surface area contributed by atoms with E-state index in [1.165, 1.54) is 0 Å². The first-order valence-electron chi connectivity index (χ1n) is 4.68. The lowest BCUT2D eigenvalue weighted by atomic mass is 10.1. The molecule has 0 radical (unpaired) electrons. The van der Waals surface area contributed by atoms with Gasteiger partial charge in [-0.15, -0.1) is 0 Å². The van der Waals surface area contributed by atoms with Crippen LogP contribution in [0.3, 0.4) is 0 Å². The highest BCUT2D eigenvalue weighted by Gasteiger charge is 2.26. The average molecular weight is 202 g/mol. The number of esters is 2. The van der Waals surface area contributed by atoms with Gasteiger partial charge >= 0.3 is 11.9 Å². The molecule has 1 aromatic rings. The fourth-order valence-corrected chi connectivity index (χ4v) is 1.48. The molecular weight excluding hydrogens is 192 g/mol. The van der Waals surface area contributed by atoms with Crippen molar-refractivity contribution >= 4 is 18.0 Å². The zero-order valence-corrected chi connectivity index (χ0v) is 8.32. The van der Waals surface area contributed by atoms with Gasteiger partial charge < -0.3 is 4.74 Å². The smallest absolute Gasteiger partial charge is 0.342 e. The van der Waals surface area contributed by atoms with E-state index in [-0.39, 0.29) is 6.42 Å². The van der Waals surface area contributed by atoms with Crippen LogP contribution < -0.4 is 0 Å². The molecule has 0 aromatic heterocycles. The maximum atomic E-state index is 11.2. The van der Waals surface area contributed by atoms with Crippen molar-refractivity contribution in [2.75, 3.05) is 0 Å². The third-order valence-corrected chi connectivity index (χ3v) is 2.32. The molecule has 1 aliphatic rings. The summed E-state index contributed by atoms with van der Waals surface area (Å²) in [6.45, 7) is 1.95. The summed E-state index contributed by atoms with van der Waals surface area (Å²) in [5.74, 6) is -0.997. The predicted molar refractivity (Wildman–Crippen MR) is 54.9 cm³/mol. The number of ether oxygens (including phenoxy) is 1. The van der Waals surface area contributed by atoms with Crippen LogP contribution in [0.25, 0.3) is 6.08 Å². The molecule has 0 unspecified atom stereocenters. The lowest BCUT2D eigenvalue weighted by Gasteiger charge is -1.98. The number of rotatable bonds is 1. The van der Waals surface area contributed by atoms with Gasteiger partial charge in [0.15, 0.2) is 0 Å². The zero-order valence-electron chi connectivity index (χ0n) is 8.32. The monoisotopic (exact) mass is 202 g/mol. The molecular formula is C12H10O3. The second-order valence-corrected chi connectivity index (χ2v) is 3.46. The molecule has 1 aliphatic heterocycles. The van der Waals surface area contributed by atoms with Crippen LogP contribution in [0.2, 0.25) is 0 Å². The van der Waals surface area contributed by atoms with Crippen molar-refractivity contribution in [2.24, 2.45) is 0 Å². The molecule has 0 aliphatic carbocycles. The maximum absolute atomic E-state index is 11.2. The Hall–Kier alpha value is -1.90. The first-order valence-corrected chi connectivity index (χ1v) is 4.68. The van der Waals surface area contributed by atoms with E-state index in [9.17, 15) is 9.59 Å². The summed E-state index contributed by atoms with van der Waals surface area (Å²) in [7, 11) is 0. The second kappa shape index (κ2) is 3.69. The van der Waals surface area contributed by atoms with Crippen LogP contribution in [-0.4, -0.2) is 11.9 Å². The SMILES string of the molecule is Cc1ccccc1C=C1CC(=O)OC1=O. The van der Waals surface area contributed by atoms with E-state index in [2.05, 4.69) is 4.74 Å². The van der Waals surface area contributed by atoms with Crippen molar-refractivity contribution in [2.45, 2.75) is 13.3 Å². The minimum absolute atomic E-state index is 0.0766. The third-order valence-electron chi connectivity index (χ3n) is 2.32. The van der Waals surface area contributed by atoms with E-state index in [0.717, 1.165) is 11.1 Å². The van der Waals surface area contributed by atoms with Crippen LogP contribution in [0, 0.1) is 6.92 Å². The Morgan fingerprint density at radius 2 is 2.00 bits per heavy atom. The van der Waals surface area contributed by atoms with Gasteiger partial charge in [-0.25, -0.2) is 4.79 Å². The van der Waals surface area contributed by atoms with E-state index < -0.39 is 11.9 Å². The number of cyclic esters (lactones) is 2. The molecule has 3 heteroatoms. The predicted octanol–water partition coefficient (Wildman–Crippen LogP) is 1.85. The van der Waals surface area contributed by atoms with Gasteiger partial charge in [0.05, 0.1) is 6.42 Å². The van der Waals surface area contributed by atoms with Gasteiger partial charge in [0.25, 0.3) is 0 Å². The van der Waals surface area contributed by atoms with Gasteiger partial charge in [-0.05, 0) is 24.1 Å². The molecule has 0 N–H and O–H groups in total. The quantitative estimate of drug-likeness (QED) is 0.396. The van der Waals surface area contributed by atoms with Crippen LogP contribution in [0.4, 0.5) is 0 Å². The fourth-order valence-electron chi connectivity index (χ4n) is 1.48. The van der Waals surface area contributed by atoms with Crippen molar-refractivity contribution < 1.29 is 14.3 Å². The summed E-state index contributed by atoms with van der Waals surface area (Å²) >= 11 is 0. The van der Waals surface area contributed by atoms with E-state index in [4.69, 9.17) is 0 Å². The number of carbonyl (C=O) groups excluding carboxylic acids is 2. The second-order valence-electron chi connectivity index (χ2n) is 3.46. The summed E-state index contributed by atoms with van der Waals surface area (Å²) in [6.07, 6.45) is 1.79. The highest BCUT2D eigenvalue weighted by Crippen LogP contribution is 2.19. The maximum Gasteiger partial charge on any atom is 0.342 e. The van der Waals surface area contributed by atoms with E-state index >= 15 is 0 Å². The summed E-state index contributed by atoms with van der Waals surface area (Å²) in [6, 6.07) is 7.67. The van der Waals surface area contributed by atoms with Gasteiger partial charge in [-0.3, -0.25) is 4.79 Å². The van der Waals surface area contributed by atoms with E-state index in [1.807, 2.05) is 31.2 Å². The Kier molecular flexibility index (Phi) is 2.37. The summed E-state index contributed by atoms with van der Waals surface area (Å²) < 4.78 is 4.44. The zero-order chi connectivity index (χ0) is 10.8. The molecule has 76 valence electrons. The first kappa shape index (κ1) is 9.65. The summed E-state index contributed by atoms with van der Waals surface area (Å²) in [5, 5.41) is 0. The van der Waals surface area contributed by atoms with Crippen LogP contribution in [-0.2, 0) is 14.3 Å².